The highest BCUT2D eigenvalue weighted by Crippen LogP contribution is 2.45. The average molecular weight is 237 g/mol. The molecular formula is C16H31N. The minimum Gasteiger partial charge on any atom is -0.314 e. The van der Waals surface area contributed by atoms with Gasteiger partial charge in [0.05, 0.1) is 0 Å². The molecule has 0 saturated heterocycles. The summed E-state index contributed by atoms with van der Waals surface area (Å²) in [6.45, 7) is 12.2. The highest BCUT2D eigenvalue weighted by Gasteiger charge is 2.38. The van der Waals surface area contributed by atoms with E-state index in [4.69, 9.17) is 0 Å². The third-order valence-corrected chi connectivity index (χ3v) is 4.41. The summed E-state index contributed by atoms with van der Waals surface area (Å²) in [6.07, 6.45) is 11.3. The van der Waals surface area contributed by atoms with E-state index in [1.807, 2.05) is 0 Å². The number of rotatable bonds is 8. The van der Waals surface area contributed by atoms with Gasteiger partial charge in [-0.2, -0.15) is 0 Å². The Morgan fingerprint density at radius 1 is 1.47 bits per heavy atom. The second kappa shape index (κ2) is 7.20. The van der Waals surface area contributed by atoms with Crippen LogP contribution < -0.4 is 5.32 Å². The molecule has 0 bridgehead atoms. The molecule has 0 aliphatic heterocycles. The molecule has 0 aromatic heterocycles. The fourth-order valence-electron chi connectivity index (χ4n) is 3.36. The maximum absolute atomic E-state index is 3.83. The molecule has 1 N–H and O–H groups in total. The van der Waals surface area contributed by atoms with Crippen molar-refractivity contribution in [1.82, 2.24) is 5.32 Å². The predicted octanol–water partition coefficient (Wildman–Crippen LogP) is 4.54. The average Bonchev–Trinajstić information content (AvgIpc) is 2.63. The SMILES string of the molecule is C=CCCCC(NCCC)C1CCCC1(C)C. The van der Waals surface area contributed by atoms with Crippen molar-refractivity contribution in [2.75, 3.05) is 6.54 Å². The lowest BCUT2D eigenvalue weighted by Gasteiger charge is -2.35. The van der Waals surface area contributed by atoms with E-state index in [0.29, 0.717) is 5.41 Å². The van der Waals surface area contributed by atoms with E-state index >= 15 is 0 Å². The smallest absolute Gasteiger partial charge is 0.0100 e. The molecule has 1 nitrogen and oxygen atoms in total. The third-order valence-electron chi connectivity index (χ3n) is 4.41. The van der Waals surface area contributed by atoms with Crippen molar-refractivity contribution >= 4 is 0 Å². The quantitative estimate of drug-likeness (QED) is 0.483. The van der Waals surface area contributed by atoms with Crippen molar-refractivity contribution in [1.29, 1.82) is 0 Å². The standard InChI is InChI=1S/C16H31N/c1-5-7-8-11-15(17-13-6-2)14-10-9-12-16(14,3)4/h5,14-15,17H,1,6-13H2,2-4H3. The van der Waals surface area contributed by atoms with E-state index in [1.54, 1.807) is 0 Å². The van der Waals surface area contributed by atoms with Crippen molar-refractivity contribution in [3.05, 3.63) is 12.7 Å². The van der Waals surface area contributed by atoms with Crippen molar-refractivity contribution in [3.8, 4) is 0 Å². The lowest BCUT2D eigenvalue weighted by molar-refractivity contribution is 0.188. The third kappa shape index (κ3) is 4.46. The maximum atomic E-state index is 3.83. The van der Waals surface area contributed by atoms with Crippen LogP contribution in [0.3, 0.4) is 0 Å². The number of nitrogens with one attached hydrogen (secondary N) is 1. The van der Waals surface area contributed by atoms with Gasteiger partial charge in [-0.15, -0.1) is 6.58 Å². The molecule has 1 aliphatic rings. The van der Waals surface area contributed by atoms with Crippen molar-refractivity contribution < 1.29 is 0 Å². The van der Waals surface area contributed by atoms with Gasteiger partial charge in [0.1, 0.15) is 0 Å². The van der Waals surface area contributed by atoms with Gasteiger partial charge in [-0.25, -0.2) is 0 Å². The van der Waals surface area contributed by atoms with Crippen LogP contribution in [-0.2, 0) is 0 Å². The summed E-state index contributed by atoms with van der Waals surface area (Å²) in [5.74, 6) is 0.874. The first-order chi connectivity index (χ1) is 8.11. The van der Waals surface area contributed by atoms with Gasteiger partial charge >= 0.3 is 0 Å². The van der Waals surface area contributed by atoms with Gasteiger partial charge in [0.2, 0.25) is 0 Å². The zero-order valence-electron chi connectivity index (χ0n) is 12.1. The van der Waals surface area contributed by atoms with Crippen LogP contribution in [0.15, 0.2) is 12.7 Å². The zero-order valence-corrected chi connectivity index (χ0v) is 12.1. The number of hydrogen-bond donors (Lipinski definition) is 1. The highest BCUT2D eigenvalue weighted by atomic mass is 14.9. The van der Waals surface area contributed by atoms with Crippen LogP contribution >= 0.6 is 0 Å². The highest BCUT2D eigenvalue weighted by molar-refractivity contribution is 4.92. The first kappa shape index (κ1) is 14.8. The summed E-state index contributed by atoms with van der Waals surface area (Å²) in [5, 5.41) is 3.79. The molecule has 0 aromatic carbocycles. The van der Waals surface area contributed by atoms with Crippen LogP contribution in [0, 0.1) is 11.3 Å². The Balaban J connectivity index is 2.51. The van der Waals surface area contributed by atoms with E-state index in [-0.39, 0.29) is 0 Å². The molecule has 1 fully saturated rings. The van der Waals surface area contributed by atoms with Gasteiger partial charge in [-0.05, 0) is 56.4 Å². The number of unbranched alkanes of at least 4 members (excludes halogenated alkanes) is 1. The Hall–Kier alpha value is -0.300. The molecule has 1 heteroatoms. The number of hydrogen-bond acceptors (Lipinski definition) is 1. The monoisotopic (exact) mass is 237 g/mol. The van der Waals surface area contributed by atoms with Crippen molar-refractivity contribution in [2.45, 2.75) is 71.8 Å². The Labute approximate surface area is 108 Å². The van der Waals surface area contributed by atoms with Crippen molar-refractivity contribution in [3.63, 3.8) is 0 Å². The molecule has 0 radical (unpaired) electrons. The molecule has 1 saturated carbocycles. The molecule has 0 amide bonds. The largest absolute Gasteiger partial charge is 0.314 e. The minimum absolute atomic E-state index is 0.541. The molecule has 1 rings (SSSR count). The van der Waals surface area contributed by atoms with E-state index in [9.17, 15) is 0 Å². The molecule has 0 heterocycles. The summed E-state index contributed by atoms with van der Waals surface area (Å²) >= 11 is 0. The van der Waals surface area contributed by atoms with Crippen LogP contribution in [0.5, 0.6) is 0 Å². The molecule has 2 unspecified atom stereocenters. The van der Waals surface area contributed by atoms with Crippen molar-refractivity contribution in [2.24, 2.45) is 11.3 Å². The summed E-state index contributed by atoms with van der Waals surface area (Å²) in [4.78, 5) is 0. The second-order valence-electron chi connectivity index (χ2n) is 6.27. The summed E-state index contributed by atoms with van der Waals surface area (Å²) in [7, 11) is 0. The molecular weight excluding hydrogens is 206 g/mol. The summed E-state index contributed by atoms with van der Waals surface area (Å²) < 4.78 is 0. The first-order valence-electron chi connectivity index (χ1n) is 7.46. The normalized spacial score (nSPS) is 24.8. The van der Waals surface area contributed by atoms with Crippen LogP contribution in [0.1, 0.15) is 65.7 Å². The van der Waals surface area contributed by atoms with E-state index in [2.05, 4.69) is 38.7 Å². The number of allylic oxidation sites excluding steroid dienone is 1. The first-order valence-corrected chi connectivity index (χ1v) is 7.46. The predicted molar refractivity (Wildman–Crippen MR) is 77.3 cm³/mol. The van der Waals surface area contributed by atoms with Crippen LogP contribution in [0.4, 0.5) is 0 Å². The van der Waals surface area contributed by atoms with Gasteiger partial charge in [-0.1, -0.05) is 33.3 Å². The van der Waals surface area contributed by atoms with Gasteiger partial charge < -0.3 is 5.32 Å². The molecule has 100 valence electrons. The molecule has 1 aliphatic carbocycles. The minimum atomic E-state index is 0.541. The van der Waals surface area contributed by atoms with Gasteiger partial charge in [0.15, 0.2) is 0 Å². The Morgan fingerprint density at radius 2 is 2.24 bits per heavy atom. The maximum Gasteiger partial charge on any atom is 0.0100 e. The Kier molecular flexibility index (Phi) is 6.26. The fraction of sp³-hybridized carbons (Fsp3) is 0.875. The molecule has 0 aromatic rings. The Morgan fingerprint density at radius 3 is 2.76 bits per heavy atom. The van der Waals surface area contributed by atoms with E-state index in [1.165, 1.54) is 45.1 Å². The van der Waals surface area contributed by atoms with Crippen LogP contribution in [-0.4, -0.2) is 12.6 Å². The molecule has 2 atom stereocenters. The lowest BCUT2D eigenvalue weighted by atomic mass is 9.76. The Bertz CT molecular complexity index is 220. The zero-order chi connectivity index (χ0) is 12.7. The van der Waals surface area contributed by atoms with Gasteiger partial charge in [0, 0.05) is 6.04 Å². The summed E-state index contributed by atoms with van der Waals surface area (Å²) in [5.41, 5.74) is 0.541. The second-order valence-corrected chi connectivity index (χ2v) is 6.27. The van der Waals surface area contributed by atoms with Crippen LogP contribution in [0.2, 0.25) is 0 Å². The van der Waals surface area contributed by atoms with Gasteiger partial charge in [-0.3, -0.25) is 0 Å². The van der Waals surface area contributed by atoms with Gasteiger partial charge in [0.25, 0.3) is 0 Å². The fourth-order valence-corrected chi connectivity index (χ4v) is 3.36. The molecule has 17 heavy (non-hydrogen) atoms. The van der Waals surface area contributed by atoms with E-state index < -0.39 is 0 Å². The van der Waals surface area contributed by atoms with E-state index in [0.717, 1.165) is 18.4 Å². The summed E-state index contributed by atoms with van der Waals surface area (Å²) in [6, 6.07) is 0.729. The lowest BCUT2D eigenvalue weighted by Crippen LogP contribution is -2.41. The van der Waals surface area contributed by atoms with Crippen LogP contribution in [0.25, 0.3) is 0 Å². The molecule has 0 spiro atoms. The topological polar surface area (TPSA) is 12.0 Å².